The number of halogens is 1. The number of carbonyl (C=O) groups is 1. The van der Waals surface area contributed by atoms with Gasteiger partial charge in [-0.3, -0.25) is 14.6 Å². The molecule has 1 aromatic rings. The van der Waals surface area contributed by atoms with Crippen LogP contribution in [0.15, 0.2) is 29.2 Å². The fourth-order valence-electron chi connectivity index (χ4n) is 4.05. The maximum atomic E-state index is 13.2. The van der Waals surface area contributed by atoms with Crippen molar-refractivity contribution in [2.75, 3.05) is 51.8 Å². The fraction of sp³-hybridized carbons (Fsp3) is 0.632. The van der Waals surface area contributed by atoms with Crippen LogP contribution in [0.25, 0.3) is 0 Å². The van der Waals surface area contributed by atoms with Crippen molar-refractivity contribution in [2.24, 2.45) is 0 Å². The Balaban J connectivity index is 0.00000320. The smallest absolute Gasteiger partial charge is 0.211 e. The molecule has 2 fully saturated rings. The molecule has 170 valence electrons. The maximum Gasteiger partial charge on any atom is 0.211 e. The summed E-state index contributed by atoms with van der Waals surface area (Å²) in [6.07, 6.45) is 4.33. The predicted octanol–water partition coefficient (Wildman–Crippen LogP) is 0.623. The molecule has 2 heterocycles. The van der Waals surface area contributed by atoms with E-state index in [1.807, 2.05) is 0 Å². The minimum atomic E-state index is -3.27. The topological polar surface area (TPSA) is 95.1 Å². The predicted molar refractivity (Wildman–Crippen MR) is 118 cm³/mol. The van der Waals surface area contributed by atoms with E-state index < -0.39 is 19.9 Å². The summed E-state index contributed by atoms with van der Waals surface area (Å²) in [5, 5.41) is 0. The number of sulfone groups is 1. The molecule has 30 heavy (non-hydrogen) atoms. The van der Waals surface area contributed by atoms with Gasteiger partial charge in [0.1, 0.15) is 6.17 Å². The number of sulfonamides is 1. The number of nitrogens with zero attached hydrogens (tertiary/aromatic N) is 3. The van der Waals surface area contributed by atoms with Crippen molar-refractivity contribution in [2.45, 2.75) is 30.3 Å². The molecular weight excluding hydrogens is 450 g/mol. The molecule has 0 saturated carbocycles. The molecule has 0 aromatic heterocycles. The molecule has 0 bridgehead atoms. The van der Waals surface area contributed by atoms with E-state index in [4.69, 9.17) is 0 Å². The van der Waals surface area contributed by atoms with Gasteiger partial charge in [-0.1, -0.05) is 12.1 Å². The molecule has 2 aliphatic heterocycles. The molecule has 2 saturated heterocycles. The van der Waals surface area contributed by atoms with Crippen LogP contribution >= 0.6 is 12.4 Å². The first-order valence-corrected chi connectivity index (χ1v) is 13.5. The van der Waals surface area contributed by atoms with Crippen molar-refractivity contribution >= 4 is 38.1 Å². The number of hydrogen-bond acceptors (Lipinski definition) is 7. The molecule has 0 aliphatic carbocycles. The Kier molecular flexibility index (Phi) is 8.45. The second-order valence-corrected chi connectivity index (χ2v) is 11.9. The highest BCUT2D eigenvalue weighted by Gasteiger charge is 2.36. The van der Waals surface area contributed by atoms with Gasteiger partial charge < -0.3 is 0 Å². The van der Waals surface area contributed by atoms with E-state index in [9.17, 15) is 21.6 Å². The van der Waals surface area contributed by atoms with E-state index in [1.54, 1.807) is 12.1 Å². The molecule has 8 nitrogen and oxygen atoms in total. The van der Waals surface area contributed by atoms with Gasteiger partial charge in [-0.05, 0) is 30.5 Å². The van der Waals surface area contributed by atoms with Crippen molar-refractivity contribution < 1.29 is 21.6 Å². The van der Waals surface area contributed by atoms with Gasteiger partial charge in [-0.15, -0.1) is 12.4 Å². The van der Waals surface area contributed by atoms with E-state index in [0.29, 0.717) is 26.2 Å². The average molecular weight is 480 g/mol. The van der Waals surface area contributed by atoms with Crippen molar-refractivity contribution in [3.05, 3.63) is 29.8 Å². The second kappa shape index (κ2) is 10.1. The Hall–Kier alpha value is -1.04. The molecule has 0 spiro atoms. The first-order valence-electron chi connectivity index (χ1n) is 9.80. The molecule has 1 unspecified atom stereocenters. The second-order valence-electron chi connectivity index (χ2n) is 7.87. The molecule has 3 rings (SSSR count). The zero-order valence-corrected chi connectivity index (χ0v) is 19.8. The SMILES string of the molecule is CS(=O)(=O)c1ccc(CC(=O)C(N2CCCC2)N2CCN(S(C)(=O)=O)CC2)cc1.Cl. The summed E-state index contributed by atoms with van der Waals surface area (Å²) in [6.45, 7) is 3.53. The number of rotatable bonds is 7. The third-order valence-electron chi connectivity index (χ3n) is 5.59. The number of carbonyl (C=O) groups excluding carboxylic acids is 1. The zero-order chi connectivity index (χ0) is 21.2. The summed E-state index contributed by atoms with van der Waals surface area (Å²) >= 11 is 0. The van der Waals surface area contributed by atoms with Gasteiger partial charge in [0, 0.05) is 51.9 Å². The zero-order valence-electron chi connectivity index (χ0n) is 17.4. The Bertz CT molecular complexity index is 937. The standard InChI is InChI=1S/C19H29N3O5S2.ClH/c1-28(24,25)17-7-5-16(6-8-17)15-18(23)19(20-9-3-4-10-20)21-11-13-22(14-12-21)29(2,26)27;/h5-8,19H,3-4,9-15H2,1-2H3;1H. The van der Waals surface area contributed by atoms with Gasteiger partial charge in [-0.2, -0.15) is 4.31 Å². The largest absolute Gasteiger partial charge is 0.296 e. The molecule has 0 amide bonds. The number of hydrogen-bond donors (Lipinski definition) is 0. The quantitative estimate of drug-likeness (QED) is 0.565. The highest BCUT2D eigenvalue weighted by Crippen LogP contribution is 2.20. The van der Waals surface area contributed by atoms with Crippen LogP contribution in [0.1, 0.15) is 18.4 Å². The molecule has 1 atom stereocenters. The fourth-order valence-corrected chi connectivity index (χ4v) is 5.51. The minimum absolute atomic E-state index is 0. The van der Waals surface area contributed by atoms with Crippen molar-refractivity contribution in [3.8, 4) is 0 Å². The van der Waals surface area contributed by atoms with Crippen LogP contribution in [0, 0.1) is 0 Å². The summed E-state index contributed by atoms with van der Waals surface area (Å²) < 4.78 is 48.3. The van der Waals surface area contributed by atoms with Crippen molar-refractivity contribution in [3.63, 3.8) is 0 Å². The monoisotopic (exact) mass is 479 g/mol. The highest BCUT2D eigenvalue weighted by molar-refractivity contribution is 7.90. The van der Waals surface area contributed by atoms with Crippen LogP contribution < -0.4 is 0 Å². The Morgan fingerprint density at radius 3 is 1.83 bits per heavy atom. The van der Waals surface area contributed by atoms with E-state index in [0.717, 1.165) is 37.8 Å². The lowest BCUT2D eigenvalue weighted by Gasteiger charge is -2.41. The van der Waals surface area contributed by atoms with Crippen LogP contribution in [-0.2, 0) is 31.1 Å². The first-order chi connectivity index (χ1) is 13.6. The van der Waals surface area contributed by atoms with Crippen LogP contribution in [-0.4, -0.2) is 94.7 Å². The van der Waals surface area contributed by atoms with E-state index in [1.165, 1.54) is 22.7 Å². The third-order valence-corrected chi connectivity index (χ3v) is 8.02. The summed E-state index contributed by atoms with van der Waals surface area (Å²) in [5.41, 5.74) is 0.779. The lowest BCUT2D eigenvalue weighted by atomic mass is 10.1. The van der Waals surface area contributed by atoms with Crippen LogP contribution in [0.5, 0.6) is 0 Å². The van der Waals surface area contributed by atoms with Gasteiger partial charge in [0.2, 0.25) is 10.0 Å². The van der Waals surface area contributed by atoms with Crippen LogP contribution in [0.2, 0.25) is 0 Å². The number of Topliss-reactive ketones (excluding diaryl/α,β-unsaturated/α-hetero) is 1. The highest BCUT2D eigenvalue weighted by atomic mass is 35.5. The van der Waals surface area contributed by atoms with E-state index >= 15 is 0 Å². The van der Waals surface area contributed by atoms with Gasteiger partial charge in [0.15, 0.2) is 15.6 Å². The summed E-state index contributed by atoms with van der Waals surface area (Å²) in [5.74, 6) is 0.0619. The van der Waals surface area contributed by atoms with Crippen molar-refractivity contribution in [1.29, 1.82) is 0 Å². The number of piperazine rings is 1. The first kappa shape index (κ1) is 25.2. The van der Waals surface area contributed by atoms with Crippen molar-refractivity contribution in [1.82, 2.24) is 14.1 Å². The maximum absolute atomic E-state index is 13.2. The molecule has 1 aromatic carbocycles. The van der Waals surface area contributed by atoms with Gasteiger partial charge in [0.25, 0.3) is 0 Å². The molecule has 0 radical (unpaired) electrons. The molecule has 0 N–H and O–H groups in total. The normalized spacial score (nSPS) is 20.6. The molecular formula is C19H30ClN3O5S2. The number of benzene rings is 1. The number of ketones is 1. The van der Waals surface area contributed by atoms with Crippen LogP contribution in [0.4, 0.5) is 0 Å². The Morgan fingerprint density at radius 1 is 0.867 bits per heavy atom. The Labute approximate surface area is 185 Å². The Morgan fingerprint density at radius 2 is 1.37 bits per heavy atom. The molecule has 2 aliphatic rings. The third kappa shape index (κ3) is 6.24. The average Bonchev–Trinajstić information content (AvgIpc) is 3.15. The van der Waals surface area contributed by atoms with Gasteiger partial charge in [-0.25, -0.2) is 16.8 Å². The summed E-state index contributed by atoms with van der Waals surface area (Å²) in [6, 6.07) is 6.45. The minimum Gasteiger partial charge on any atom is -0.296 e. The van der Waals surface area contributed by atoms with Gasteiger partial charge >= 0.3 is 0 Å². The van der Waals surface area contributed by atoms with E-state index in [2.05, 4.69) is 9.80 Å². The van der Waals surface area contributed by atoms with E-state index in [-0.39, 0.29) is 35.7 Å². The summed E-state index contributed by atoms with van der Waals surface area (Å²) in [4.78, 5) is 17.7. The van der Waals surface area contributed by atoms with Crippen LogP contribution in [0.3, 0.4) is 0 Å². The molecule has 11 heteroatoms. The summed E-state index contributed by atoms with van der Waals surface area (Å²) in [7, 11) is -6.49. The lowest BCUT2D eigenvalue weighted by molar-refractivity contribution is -0.131. The van der Waals surface area contributed by atoms with Gasteiger partial charge in [0.05, 0.1) is 11.2 Å². The lowest BCUT2D eigenvalue weighted by Crippen LogP contribution is -2.59. The number of likely N-dealkylation sites (tertiary alicyclic amines) is 1.